The predicted octanol–water partition coefficient (Wildman–Crippen LogP) is 4.54. The number of aliphatic carboxylic acids is 1. The van der Waals surface area contributed by atoms with Gasteiger partial charge in [0.05, 0.1) is 30.7 Å². The monoisotopic (exact) mass is 631 g/mol. The normalized spacial score (nSPS) is 28.8. The number of nitrogens with zero attached hydrogens (tertiary/aromatic N) is 4. The molecule has 0 radical (unpaired) electrons. The first-order valence-electron chi connectivity index (χ1n) is 15.1. The number of carboxylic acid groups (broad SMARTS) is 1. The van der Waals surface area contributed by atoms with Crippen LogP contribution in [0.15, 0.2) is 46.0 Å². The maximum absolute atomic E-state index is 15.9. The van der Waals surface area contributed by atoms with Gasteiger partial charge in [0.2, 0.25) is 0 Å². The molecule has 9 nitrogen and oxygen atoms in total. The van der Waals surface area contributed by atoms with Crippen LogP contribution in [0.5, 0.6) is 0 Å². The second-order valence-corrected chi connectivity index (χ2v) is 12.9. The van der Waals surface area contributed by atoms with Crippen LogP contribution >= 0.6 is 11.3 Å². The van der Waals surface area contributed by atoms with E-state index in [9.17, 15) is 19.1 Å². The highest BCUT2D eigenvalue weighted by Gasteiger charge is 2.60. The van der Waals surface area contributed by atoms with Gasteiger partial charge in [0, 0.05) is 42.4 Å². The van der Waals surface area contributed by atoms with Gasteiger partial charge in [-0.2, -0.15) is 0 Å². The third kappa shape index (κ3) is 5.65. The Bertz CT molecular complexity index is 1470. The molecule has 44 heavy (non-hydrogen) atoms. The molecule has 4 heterocycles. The average molecular weight is 632 g/mol. The number of carbonyl (C=O) groups excluding carboxylic acids is 1. The summed E-state index contributed by atoms with van der Waals surface area (Å²) in [5.74, 6) is -4.95. The number of nitrogens with one attached hydrogen (secondary N) is 1. The molecule has 2 aromatic rings. The Morgan fingerprint density at radius 2 is 1.98 bits per heavy atom. The smallest absolute Gasteiger partial charge is 0.338 e. The largest absolute Gasteiger partial charge is 0.481 e. The summed E-state index contributed by atoms with van der Waals surface area (Å²) in [6.45, 7) is 3.43. The lowest BCUT2D eigenvalue weighted by atomic mass is 9.85. The van der Waals surface area contributed by atoms with Gasteiger partial charge in [0.15, 0.2) is 10.8 Å². The summed E-state index contributed by atoms with van der Waals surface area (Å²) in [6, 6.07) is 2.13. The summed E-state index contributed by atoms with van der Waals surface area (Å²) in [6.07, 6.45) is 4.29. The molecule has 2 saturated heterocycles. The van der Waals surface area contributed by atoms with Gasteiger partial charge in [-0.1, -0.05) is 12.1 Å². The minimum atomic E-state index is -3.01. The molecule has 1 aromatic heterocycles. The number of rotatable bonds is 8. The number of halogens is 3. The van der Waals surface area contributed by atoms with E-state index in [2.05, 4.69) is 10.3 Å². The molecule has 1 aliphatic carbocycles. The third-order valence-corrected chi connectivity index (χ3v) is 10.2. The van der Waals surface area contributed by atoms with Gasteiger partial charge < -0.3 is 15.2 Å². The predicted molar refractivity (Wildman–Crippen MR) is 158 cm³/mol. The van der Waals surface area contributed by atoms with Crippen LogP contribution in [0.25, 0.3) is 0 Å². The van der Waals surface area contributed by atoms with Gasteiger partial charge in [0.1, 0.15) is 11.9 Å². The van der Waals surface area contributed by atoms with Gasteiger partial charge in [-0.3, -0.25) is 19.6 Å². The molecule has 6 rings (SSSR count). The Hall–Kier alpha value is -3.29. The zero-order valence-electron chi connectivity index (χ0n) is 24.6. The fraction of sp³-hybridized carbons (Fsp3) is 0.548. The molecule has 0 amide bonds. The number of alkyl halides is 2. The molecule has 0 bridgehead atoms. The zero-order chi connectivity index (χ0) is 31.2. The van der Waals surface area contributed by atoms with Crippen molar-refractivity contribution in [3.05, 3.63) is 63.0 Å². The van der Waals surface area contributed by atoms with Crippen LogP contribution in [-0.4, -0.2) is 88.0 Å². The molecule has 1 saturated carbocycles. The fourth-order valence-corrected chi connectivity index (χ4v) is 7.98. The van der Waals surface area contributed by atoms with Gasteiger partial charge in [-0.15, -0.1) is 11.3 Å². The lowest BCUT2D eigenvalue weighted by molar-refractivity contribution is -0.143. The summed E-state index contributed by atoms with van der Waals surface area (Å²) in [5.41, 5.74) is 1.36. The van der Waals surface area contributed by atoms with E-state index in [0.29, 0.717) is 66.3 Å². The van der Waals surface area contributed by atoms with Crippen molar-refractivity contribution >= 4 is 29.1 Å². The van der Waals surface area contributed by atoms with Crippen molar-refractivity contribution in [3.63, 3.8) is 0 Å². The number of aliphatic imine (C=N–C) groups is 1. The maximum Gasteiger partial charge on any atom is 0.338 e. The SMILES string of the molecule is CCOC(=O)C1=C(CN2CC(F)(F)[C@H]3[C@@H]2CCN3[C@H]2CC[C@H](C(=O)O)CC2)NC(c2nccs2)=N[C@H]1c1cccc(F)c1C. The van der Waals surface area contributed by atoms with Crippen LogP contribution < -0.4 is 5.32 Å². The summed E-state index contributed by atoms with van der Waals surface area (Å²) in [7, 11) is 0. The topological polar surface area (TPSA) is 107 Å². The number of carboxylic acids is 1. The van der Waals surface area contributed by atoms with E-state index in [-0.39, 0.29) is 24.8 Å². The lowest BCUT2D eigenvalue weighted by Crippen LogP contribution is -2.50. The number of benzene rings is 1. The number of ether oxygens (including phenoxy) is 1. The molecule has 236 valence electrons. The molecule has 2 N–H and O–H groups in total. The van der Waals surface area contributed by atoms with Crippen LogP contribution in [0.1, 0.15) is 61.2 Å². The van der Waals surface area contributed by atoms with Crippen molar-refractivity contribution in [2.45, 2.75) is 76.0 Å². The highest BCUT2D eigenvalue weighted by atomic mass is 32.1. The number of carbonyl (C=O) groups is 2. The van der Waals surface area contributed by atoms with Gasteiger partial charge in [-0.25, -0.2) is 22.9 Å². The number of amidine groups is 1. The number of hydrogen-bond acceptors (Lipinski definition) is 9. The quantitative estimate of drug-likeness (QED) is 0.410. The summed E-state index contributed by atoms with van der Waals surface area (Å²) < 4.78 is 51.9. The van der Waals surface area contributed by atoms with Gasteiger partial charge >= 0.3 is 11.9 Å². The van der Waals surface area contributed by atoms with E-state index in [1.165, 1.54) is 17.4 Å². The summed E-state index contributed by atoms with van der Waals surface area (Å²) >= 11 is 1.34. The fourth-order valence-electron chi connectivity index (χ4n) is 7.39. The molecule has 13 heteroatoms. The number of likely N-dealkylation sites (tertiary alicyclic amines) is 2. The minimum absolute atomic E-state index is 0.0136. The summed E-state index contributed by atoms with van der Waals surface area (Å²) in [4.78, 5) is 37.8. The van der Waals surface area contributed by atoms with Crippen LogP contribution in [0.4, 0.5) is 13.2 Å². The van der Waals surface area contributed by atoms with Crippen molar-refractivity contribution in [3.8, 4) is 0 Å². The standard InChI is InChI=1S/C31H36F3N5O4S/c1-3-43-30(42)24-22(36-27(28-35-12-14-44-28)37-25(24)20-5-4-6-21(32)17(20)2)15-38-16-31(33,34)26-23(38)11-13-39(26)19-9-7-18(8-10-19)29(40)41/h4-6,12,14,18-19,23,25-26H,3,7-11,13,15-16H2,1-2H3,(H,36,37)(H,40,41)/t18-,19-,23-,25-,26+/m0/s1. The van der Waals surface area contributed by atoms with Crippen molar-refractivity contribution < 1.29 is 32.6 Å². The molecule has 3 fully saturated rings. The Kier molecular flexibility index (Phi) is 8.55. The number of aromatic nitrogens is 1. The number of hydrogen-bond donors (Lipinski definition) is 2. The maximum atomic E-state index is 15.9. The van der Waals surface area contributed by atoms with Crippen LogP contribution in [0.2, 0.25) is 0 Å². The molecule has 4 aliphatic rings. The Labute approximate surface area is 257 Å². The Morgan fingerprint density at radius 1 is 1.20 bits per heavy atom. The Balaban J connectivity index is 1.34. The van der Waals surface area contributed by atoms with E-state index < -0.39 is 54.3 Å². The molecular formula is C31H36F3N5O4S. The van der Waals surface area contributed by atoms with E-state index in [0.717, 1.165) is 0 Å². The van der Waals surface area contributed by atoms with Crippen molar-refractivity contribution in [2.75, 3.05) is 26.2 Å². The molecule has 0 unspecified atom stereocenters. The van der Waals surface area contributed by atoms with Crippen LogP contribution in [-0.2, 0) is 14.3 Å². The third-order valence-electron chi connectivity index (χ3n) is 9.46. The van der Waals surface area contributed by atoms with Crippen molar-refractivity contribution in [2.24, 2.45) is 10.9 Å². The highest BCUT2D eigenvalue weighted by molar-refractivity contribution is 7.11. The molecule has 3 aliphatic heterocycles. The van der Waals surface area contributed by atoms with Gasteiger partial charge in [0.25, 0.3) is 5.92 Å². The second-order valence-electron chi connectivity index (χ2n) is 12.0. The molecular weight excluding hydrogens is 595 g/mol. The van der Waals surface area contributed by atoms with E-state index in [1.54, 1.807) is 42.5 Å². The molecule has 0 spiro atoms. The summed E-state index contributed by atoms with van der Waals surface area (Å²) in [5, 5.41) is 15.0. The number of esters is 1. The Morgan fingerprint density at radius 3 is 2.66 bits per heavy atom. The van der Waals surface area contributed by atoms with Crippen molar-refractivity contribution in [1.82, 2.24) is 20.1 Å². The number of thiazole rings is 1. The van der Waals surface area contributed by atoms with Gasteiger partial charge in [-0.05, 0) is 63.1 Å². The van der Waals surface area contributed by atoms with Crippen LogP contribution in [0, 0.1) is 18.7 Å². The van der Waals surface area contributed by atoms with E-state index in [4.69, 9.17) is 9.73 Å². The number of fused-ring (bicyclic) bond motifs is 1. The first-order valence-corrected chi connectivity index (χ1v) is 16.0. The molecule has 1 aromatic carbocycles. The first-order chi connectivity index (χ1) is 21.1. The molecule has 3 atom stereocenters. The van der Waals surface area contributed by atoms with E-state index >= 15 is 8.78 Å². The van der Waals surface area contributed by atoms with E-state index in [1.807, 2.05) is 4.90 Å². The average Bonchev–Trinajstić information content (AvgIpc) is 3.74. The zero-order valence-corrected chi connectivity index (χ0v) is 25.5. The minimum Gasteiger partial charge on any atom is -0.481 e. The lowest BCUT2D eigenvalue weighted by Gasteiger charge is -2.38. The van der Waals surface area contributed by atoms with Crippen LogP contribution in [0.3, 0.4) is 0 Å². The first kappa shape index (κ1) is 30.7. The highest BCUT2D eigenvalue weighted by Crippen LogP contribution is 2.45. The second kappa shape index (κ2) is 12.2. The van der Waals surface area contributed by atoms with Crippen molar-refractivity contribution in [1.29, 1.82) is 0 Å².